The molecule has 4 heteroatoms. The smallest absolute Gasteiger partial charge is 0.248 e. The molecule has 0 radical (unpaired) electrons. The van der Waals surface area contributed by atoms with Crippen LogP contribution in [0.3, 0.4) is 0 Å². The number of nitrogens with zero attached hydrogens (tertiary/aromatic N) is 1. The van der Waals surface area contributed by atoms with E-state index >= 15 is 0 Å². The van der Waals surface area contributed by atoms with Gasteiger partial charge in [-0.25, -0.2) is 0 Å². The van der Waals surface area contributed by atoms with Crippen LogP contribution in [0, 0.1) is 13.8 Å². The van der Waals surface area contributed by atoms with Crippen molar-refractivity contribution >= 4 is 29.3 Å². The van der Waals surface area contributed by atoms with Crippen LogP contribution in [-0.4, -0.2) is 10.9 Å². The van der Waals surface area contributed by atoms with Crippen LogP contribution in [0.15, 0.2) is 42.6 Å². The summed E-state index contributed by atoms with van der Waals surface area (Å²) in [5.41, 5.74) is 3.47. The van der Waals surface area contributed by atoms with Crippen LogP contribution in [0.4, 0.5) is 5.69 Å². The molecule has 0 saturated heterocycles. The molecule has 2 rings (SSSR count). The maximum absolute atomic E-state index is 11.8. The number of rotatable bonds is 3. The summed E-state index contributed by atoms with van der Waals surface area (Å²) < 4.78 is 0. The monoisotopic (exact) mass is 286 g/mol. The normalized spacial score (nSPS) is 10.8. The number of halogens is 1. The van der Waals surface area contributed by atoms with Gasteiger partial charge in [-0.15, -0.1) is 0 Å². The highest BCUT2D eigenvalue weighted by Crippen LogP contribution is 2.22. The first-order chi connectivity index (χ1) is 9.54. The average molecular weight is 287 g/mol. The van der Waals surface area contributed by atoms with Crippen LogP contribution in [0.25, 0.3) is 6.08 Å². The van der Waals surface area contributed by atoms with Crippen LogP contribution in [0.1, 0.15) is 16.8 Å². The number of aryl methyl sites for hydroxylation is 2. The Morgan fingerprint density at radius 2 is 2.05 bits per heavy atom. The van der Waals surface area contributed by atoms with E-state index in [1.54, 1.807) is 18.3 Å². The van der Waals surface area contributed by atoms with Gasteiger partial charge in [-0.3, -0.25) is 9.78 Å². The van der Waals surface area contributed by atoms with Crippen molar-refractivity contribution in [2.24, 2.45) is 0 Å². The summed E-state index contributed by atoms with van der Waals surface area (Å²) in [5.74, 6) is -0.226. The predicted molar refractivity (Wildman–Crippen MR) is 82.8 cm³/mol. The molecule has 1 aromatic heterocycles. The Kier molecular flexibility index (Phi) is 4.53. The van der Waals surface area contributed by atoms with Gasteiger partial charge in [-0.1, -0.05) is 23.7 Å². The molecule has 20 heavy (non-hydrogen) atoms. The number of carbonyl (C=O) groups is 1. The first kappa shape index (κ1) is 14.3. The molecule has 0 unspecified atom stereocenters. The van der Waals surface area contributed by atoms with Gasteiger partial charge in [0.05, 0.1) is 10.7 Å². The summed E-state index contributed by atoms with van der Waals surface area (Å²) in [7, 11) is 0. The number of carbonyl (C=O) groups excluding carboxylic acids is 1. The lowest BCUT2D eigenvalue weighted by Gasteiger charge is -2.05. The van der Waals surface area contributed by atoms with Crippen molar-refractivity contribution in [3.05, 3.63) is 64.4 Å². The maximum atomic E-state index is 11.8. The summed E-state index contributed by atoms with van der Waals surface area (Å²) in [6.45, 7) is 3.86. The zero-order chi connectivity index (χ0) is 14.5. The zero-order valence-electron chi connectivity index (χ0n) is 11.4. The van der Waals surface area contributed by atoms with Crippen molar-refractivity contribution < 1.29 is 4.79 Å². The molecule has 0 fully saturated rings. The van der Waals surface area contributed by atoms with E-state index in [4.69, 9.17) is 11.6 Å². The molecule has 0 aliphatic carbocycles. The summed E-state index contributed by atoms with van der Waals surface area (Å²) in [6.07, 6.45) is 4.89. The Balaban J connectivity index is 2.03. The van der Waals surface area contributed by atoms with Gasteiger partial charge < -0.3 is 5.32 Å². The predicted octanol–water partition coefficient (Wildman–Crippen LogP) is 4.00. The standard InChI is InChI=1S/C16H15ClN2O/c1-11-3-7-15(14(17)9-11)19-16(20)8-6-13-5-4-12(2)18-10-13/h3-10H,1-2H3,(H,19,20)/b8-6+. The molecule has 0 spiro atoms. The molecule has 2 aromatic rings. The molecule has 1 amide bonds. The third-order valence-electron chi connectivity index (χ3n) is 2.74. The van der Waals surface area contributed by atoms with Gasteiger partial charge in [0.2, 0.25) is 5.91 Å². The van der Waals surface area contributed by atoms with Gasteiger partial charge in [0.1, 0.15) is 0 Å². The highest BCUT2D eigenvalue weighted by Gasteiger charge is 2.03. The van der Waals surface area contributed by atoms with Gasteiger partial charge in [-0.2, -0.15) is 0 Å². The van der Waals surface area contributed by atoms with Gasteiger partial charge in [0.15, 0.2) is 0 Å². The van der Waals surface area contributed by atoms with Crippen molar-refractivity contribution in [3.8, 4) is 0 Å². The van der Waals surface area contributed by atoms with E-state index in [0.717, 1.165) is 16.8 Å². The van der Waals surface area contributed by atoms with Crippen LogP contribution in [0.5, 0.6) is 0 Å². The molecule has 0 bridgehead atoms. The van der Waals surface area contributed by atoms with Gasteiger partial charge >= 0.3 is 0 Å². The topological polar surface area (TPSA) is 42.0 Å². The van der Waals surface area contributed by atoms with Crippen LogP contribution >= 0.6 is 11.6 Å². The third-order valence-corrected chi connectivity index (χ3v) is 3.06. The highest BCUT2D eigenvalue weighted by atomic mass is 35.5. The molecule has 0 atom stereocenters. The van der Waals surface area contributed by atoms with E-state index in [0.29, 0.717) is 10.7 Å². The van der Waals surface area contributed by atoms with Gasteiger partial charge in [-0.05, 0) is 49.2 Å². The third kappa shape index (κ3) is 3.93. The molecule has 102 valence electrons. The number of hydrogen-bond donors (Lipinski definition) is 1. The number of aromatic nitrogens is 1. The van der Waals surface area contributed by atoms with E-state index in [9.17, 15) is 4.79 Å². The van der Waals surface area contributed by atoms with E-state index in [-0.39, 0.29) is 5.91 Å². The highest BCUT2D eigenvalue weighted by molar-refractivity contribution is 6.33. The Morgan fingerprint density at radius 1 is 1.25 bits per heavy atom. The molecule has 0 saturated carbocycles. The number of nitrogens with one attached hydrogen (secondary N) is 1. The van der Waals surface area contributed by atoms with Crippen LogP contribution in [0.2, 0.25) is 5.02 Å². The average Bonchev–Trinajstić information content (AvgIpc) is 2.41. The van der Waals surface area contributed by atoms with Crippen molar-refractivity contribution in [2.75, 3.05) is 5.32 Å². The first-order valence-corrected chi connectivity index (χ1v) is 6.60. The van der Waals surface area contributed by atoms with Crippen LogP contribution < -0.4 is 5.32 Å². The molecule has 0 aliphatic rings. The molecule has 1 aromatic carbocycles. The number of amides is 1. The Morgan fingerprint density at radius 3 is 2.70 bits per heavy atom. The van der Waals surface area contributed by atoms with Crippen molar-refractivity contribution in [1.82, 2.24) is 4.98 Å². The summed E-state index contributed by atoms with van der Waals surface area (Å²) in [5, 5.41) is 3.27. The minimum absolute atomic E-state index is 0.226. The molecular formula is C16H15ClN2O. The summed E-state index contributed by atoms with van der Waals surface area (Å²) >= 11 is 6.06. The van der Waals surface area contributed by atoms with Crippen molar-refractivity contribution in [3.63, 3.8) is 0 Å². The fraction of sp³-hybridized carbons (Fsp3) is 0.125. The second-order valence-corrected chi connectivity index (χ2v) is 4.95. The Labute approximate surface area is 123 Å². The molecule has 0 aliphatic heterocycles. The second kappa shape index (κ2) is 6.35. The van der Waals surface area contributed by atoms with Gasteiger partial charge in [0.25, 0.3) is 0 Å². The molecule has 1 heterocycles. The lowest BCUT2D eigenvalue weighted by Crippen LogP contribution is -2.08. The molecular weight excluding hydrogens is 272 g/mol. The quantitative estimate of drug-likeness (QED) is 0.867. The van der Waals surface area contributed by atoms with E-state index in [1.807, 2.05) is 38.1 Å². The van der Waals surface area contributed by atoms with E-state index in [1.165, 1.54) is 6.08 Å². The lowest BCUT2D eigenvalue weighted by atomic mass is 10.2. The van der Waals surface area contributed by atoms with E-state index in [2.05, 4.69) is 10.3 Å². The van der Waals surface area contributed by atoms with Gasteiger partial charge in [0, 0.05) is 18.0 Å². The first-order valence-electron chi connectivity index (χ1n) is 6.22. The minimum Gasteiger partial charge on any atom is -0.321 e. The number of pyridine rings is 1. The van der Waals surface area contributed by atoms with Crippen molar-refractivity contribution in [2.45, 2.75) is 13.8 Å². The number of anilines is 1. The fourth-order valence-corrected chi connectivity index (χ4v) is 1.93. The summed E-state index contributed by atoms with van der Waals surface area (Å²) in [6, 6.07) is 9.30. The maximum Gasteiger partial charge on any atom is 0.248 e. The molecule has 3 nitrogen and oxygen atoms in total. The molecule has 1 N–H and O–H groups in total. The van der Waals surface area contributed by atoms with Crippen LogP contribution in [-0.2, 0) is 4.79 Å². The number of benzene rings is 1. The zero-order valence-corrected chi connectivity index (χ0v) is 12.1. The van der Waals surface area contributed by atoms with Crippen molar-refractivity contribution in [1.29, 1.82) is 0 Å². The van der Waals surface area contributed by atoms with E-state index < -0.39 is 0 Å². The Bertz CT molecular complexity index is 648. The lowest BCUT2D eigenvalue weighted by molar-refractivity contribution is -0.111. The number of hydrogen-bond acceptors (Lipinski definition) is 2. The fourth-order valence-electron chi connectivity index (χ4n) is 1.65. The second-order valence-electron chi connectivity index (χ2n) is 4.54. The summed E-state index contributed by atoms with van der Waals surface area (Å²) in [4.78, 5) is 16.0. The largest absolute Gasteiger partial charge is 0.321 e. The minimum atomic E-state index is -0.226. The SMILES string of the molecule is Cc1ccc(NC(=O)/C=C/c2ccc(C)nc2)c(Cl)c1. The Hall–Kier alpha value is -2.13.